The first-order valence-corrected chi connectivity index (χ1v) is 11.2. The summed E-state index contributed by atoms with van der Waals surface area (Å²) in [7, 11) is 1.77. The van der Waals surface area contributed by atoms with Crippen LogP contribution in [-0.2, 0) is 11.3 Å². The summed E-state index contributed by atoms with van der Waals surface area (Å²) in [5.41, 5.74) is 2.93. The van der Waals surface area contributed by atoms with Gasteiger partial charge in [0.25, 0.3) is 5.91 Å². The van der Waals surface area contributed by atoms with Crippen molar-refractivity contribution in [1.29, 1.82) is 0 Å². The molecule has 6 heteroatoms. The molecule has 0 heterocycles. The highest BCUT2D eigenvalue weighted by molar-refractivity contribution is 5.98. The Labute approximate surface area is 195 Å². The molecule has 3 rings (SSSR count). The minimum atomic E-state index is -0.208. The zero-order valence-electron chi connectivity index (χ0n) is 19.2. The van der Waals surface area contributed by atoms with E-state index in [-0.39, 0.29) is 18.4 Å². The summed E-state index contributed by atoms with van der Waals surface area (Å²) in [6.07, 6.45) is 2.03. The van der Waals surface area contributed by atoms with Crippen LogP contribution in [0.3, 0.4) is 0 Å². The highest BCUT2D eigenvalue weighted by Crippen LogP contribution is 2.24. The van der Waals surface area contributed by atoms with Crippen LogP contribution in [0.4, 0.5) is 11.4 Å². The van der Waals surface area contributed by atoms with Gasteiger partial charge in [0.2, 0.25) is 5.91 Å². The van der Waals surface area contributed by atoms with Crippen molar-refractivity contribution in [2.45, 2.75) is 26.3 Å². The van der Waals surface area contributed by atoms with Gasteiger partial charge in [0.15, 0.2) is 0 Å². The molecule has 0 saturated heterocycles. The van der Waals surface area contributed by atoms with E-state index in [1.54, 1.807) is 36.2 Å². The molecular weight excluding hydrogens is 414 g/mol. The zero-order valence-corrected chi connectivity index (χ0v) is 19.2. The Morgan fingerprint density at radius 1 is 0.939 bits per heavy atom. The Balaban J connectivity index is 1.56. The zero-order chi connectivity index (χ0) is 23.5. The molecule has 0 spiro atoms. The number of para-hydroxylation sites is 2. The van der Waals surface area contributed by atoms with Gasteiger partial charge >= 0.3 is 0 Å². The summed E-state index contributed by atoms with van der Waals surface area (Å²) in [5.74, 6) is 0.416. The van der Waals surface area contributed by atoms with E-state index in [2.05, 4.69) is 17.6 Å². The number of hydrogen-bond acceptors (Lipinski definition) is 4. The normalized spacial score (nSPS) is 10.4. The van der Waals surface area contributed by atoms with Gasteiger partial charge in [-0.25, -0.2) is 0 Å². The molecule has 0 aromatic heterocycles. The number of benzene rings is 3. The highest BCUT2D eigenvalue weighted by Gasteiger charge is 2.13. The number of carbonyl (C=O) groups excluding carboxylic acids is 2. The standard InChI is InChI=1S/C27H31N3O3/c1-3-4-17-33-25-16-9-8-15-24(25)28-19-26(31)29-23-14-10-13-22(18-23)27(32)30(2)20-21-11-6-5-7-12-21/h5-16,18,28H,3-4,17,19-20H2,1-2H3,(H,29,31). The summed E-state index contributed by atoms with van der Waals surface area (Å²) in [6.45, 7) is 3.35. The lowest BCUT2D eigenvalue weighted by Gasteiger charge is -2.18. The van der Waals surface area contributed by atoms with Crippen LogP contribution in [0.2, 0.25) is 0 Å². The number of rotatable bonds is 11. The van der Waals surface area contributed by atoms with Crippen molar-refractivity contribution < 1.29 is 14.3 Å². The number of hydrogen-bond donors (Lipinski definition) is 2. The van der Waals surface area contributed by atoms with Gasteiger partial charge in [-0.05, 0) is 42.3 Å². The number of nitrogens with zero attached hydrogens (tertiary/aromatic N) is 1. The quantitative estimate of drug-likeness (QED) is 0.399. The van der Waals surface area contributed by atoms with E-state index in [0.29, 0.717) is 24.4 Å². The van der Waals surface area contributed by atoms with E-state index in [4.69, 9.17) is 4.74 Å². The minimum absolute atomic E-state index is 0.0836. The SMILES string of the molecule is CCCCOc1ccccc1NCC(=O)Nc1cccc(C(=O)N(C)Cc2ccccc2)c1. The van der Waals surface area contributed by atoms with Crippen LogP contribution in [0, 0.1) is 0 Å². The van der Waals surface area contributed by atoms with E-state index in [0.717, 1.165) is 29.8 Å². The van der Waals surface area contributed by atoms with E-state index >= 15 is 0 Å². The number of anilines is 2. The van der Waals surface area contributed by atoms with Crippen molar-refractivity contribution in [2.75, 3.05) is 30.8 Å². The monoisotopic (exact) mass is 445 g/mol. The maximum Gasteiger partial charge on any atom is 0.253 e. The third-order valence-electron chi connectivity index (χ3n) is 5.08. The first-order valence-electron chi connectivity index (χ1n) is 11.2. The summed E-state index contributed by atoms with van der Waals surface area (Å²) >= 11 is 0. The van der Waals surface area contributed by atoms with Gasteiger partial charge in [-0.3, -0.25) is 9.59 Å². The Morgan fingerprint density at radius 2 is 1.70 bits per heavy atom. The van der Waals surface area contributed by atoms with Gasteiger partial charge in [-0.2, -0.15) is 0 Å². The molecule has 0 atom stereocenters. The highest BCUT2D eigenvalue weighted by atomic mass is 16.5. The van der Waals surface area contributed by atoms with Gasteiger partial charge in [-0.1, -0.05) is 61.9 Å². The van der Waals surface area contributed by atoms with Gasteiger partial charge in [0.05, 0.1) is 18.8 Å². The maximum absolute atomic E-state index is 12.8. The molecule has 6 nitrogen and oxygen atoms in total. The fourth-order valence-corrected chi connectivity index (χ4v) is 3.33. The number of nitrogens with one attached hydrogen (secondary N) is 2. The van der Waals surface area contributed by atoms with Crippen molar-refractivity contribution in [3.05, 3.63) is 90.0 Å². The Kier molecular flexibility index (Phi) is 8.88. The molecule has 2 amide bonds. The van der Waals surface area contributed by atoms with Crippen LogP contribution in [0.5, 0.6) is 5.75 Å². The molecule has 0 aliphatic carbocycles. The van der Waals surface area contributed by atoms with Crippen LogP contribution in [-0.4, -0.2) is 36.9 Å². The lowest BCUT2D eigenvalue weighted by molar-refractivity contribution is -0.114. The van der Waals surface area contributed by atoms with Crippen LogP contribution in [0.25, 0.3) is 0 Å². The Morgan fingerprint density at radius 3 is 2.48 bits per heavy atom. The van der Waals surface area contributed by atoms with E-state index in [9.17, 15) is 9.59 Å². The summed E-state index contributed by atoms with van der Waals surface area (Å²) < 4.78 is 5.80. The second-order valence-electron chi connectivity index (χ2n) is 7.83. The molecule has 0 fully saturated rings. The average Bonchev–Trinajstić information content (AvgIpc) is 2.84. The molecule has 0 aliphatic heterocycles. The van der Waals surface area contributed by atoms with Gasteiger partial charge in [-0.15, -0.1) is 0 Å². The predicted octanol–water partition coefficient (Wildman–Crippen LogP) is 5.19. The van der Waals surface area contributed by atoms with Crippen LogP contribution < -0.4 is 15.4 Å². The van der Waals surface area contributed by atoms with Crippen molar-refractivity contribution in [2.24, 2.45) is 0 Å². The minimum Gasteiger partial charge on any atom is -0.491 e. The predicted molar refractivity (Wildman–Crippen MR) is 133 cm³/mol. The van der Waals surface area contributed by atoms with Crippen LogP contribution in [0.15, 0.2) is 78.9 Å². The first kappa shape index (κ1) is 23.9. The van der Waals surface area contributed by atoms with Gasteiger partial charge < -0.3 is 20.3 Å². The largest absolute Gasteiger partial charge is 0.491 e. The second kappa shape index (κ2) is 12.3. The molecular formula is C27H31N3O3. The fourth-order valence-electron chi connectivity index (χ4n) is 3.33. The topological polar surface area (TPSA) is 70.7 Å². The third kappa shape index (κ3) is 7.38. The van der Waals surface area contributed by atoms with Crippen molar-refractivity contribution in [3.63, 3.8) is 0 Å². The van der Waals surface area contributed by atoms with Crippen LogP contribution in [0.1, 0.15) is 35.7 Å². The molecule has 0 aliphatic rings. The van der Waals surface area contributed by atoms with Crippen LogP contribution >= 0.6 is 0 Å². The lowest BCUT2D eigenvalue weighted by atomic mass is 10.1. The van der Waals surface area contributed by atoms with E-state index in [1.807, 2.05) is 54.6 Å². The molecule has 0 bridgehead atoms. The number of ether oxygens (including phenoxy) is 1. The molecule has 0 unspecified atom stereocenters. The molecule has 3 aromatic carbocycles. The lowest BCUT2D eigenvalue weighted by Crippen LogP contribution is -2.26. The van der Waals surface area contributed by atoms with E-state index < -0.39 is 0 Å². The molecule has 0 saturated carbocycles. The van der Waals surface area contributed by atoms with Crippen molar-refractivity contribution in [3.8, 4) is 5.75 Å². The number of carbonyl (C=O) groups is 2. The van der Waals surface area contributed by atoms with Crippen molar-refractivity contribution >= 4 is 23.2 Å². The molecule has 3 aromatic rings. The second-order valence-corrected chi connectivity index (χ2v) is 7.83. The average molecular weight is 446 g/mol. The van der Waals surface area contributed by atoms with Crippen molar-refractivity contribution in [1.82, 2.24) is 4.90 Å². The van der Waals surface area contributed by atoms with Gasteiger partial charge in [0.1, 0.15) is 5.75 Å². The smallest absolute Gasteiger partial charge is 0.253 e. The summed E-state index contributed by atoms with van der Waals surface area (Å²) in [4.78, 5) is 27.0. The maximum atomic E-state index is 12.8. The molecule has 2 N–H and O–H groups in total. The van der Waals surface area contributed by atoms with E-state index in [1.165, 1.54) is 0 Å². The fraction of sp³-hybridized carbons (Fsp3) is 0.259. The summed E-state index contributed by atoms with van der Waals surface area (Å²) in [5, 5.41) is 5.99. The van der Waals surface area contributed by atoms with Gasteiger partial charge in [0, 0.05) is 24.8 Å². The molecule has 33 heavy (non-hydrogen) atoms. The number of unbranched alkanes of at least 4 members (excludes halogenated alkanes) is 1. The molecule has 172 valence electrons. The Bertz CT molecular complexity index is 1050. The third-order valence-corrected chi connectivity index (χ3v) is 5.08. The Hall–Kier alpha value is -3.80. The summed E-state index contributed by atoms with van der Waals surface area (Å²) in [6, 6.07) is 24.4. The molecule has 0 radical (unpaired) electrons. The number of amides is 2. The first-order chi connectivity index (χ1) is 16.1.